The quantitative estimate of drug-likeness (QED) is 0.128. The summed E-state index contributed by atoms with van der Waals surface area (Å²) in [5.74, 6) is 2.85. The Kier molecular flexibility index (Phi) is 9.38. The standard InChI is InChI=1S/C70H55N7O/c1-45-46(2)64(48-24-11-7-12-25-48)66(65(47(45)3)49-26-13-8-14-27-49)76-44-75(59-36-21-22-37-60(59)76)53-32-23-33-54(41-53)78-62-43-61-56(55-34-19-20-35-58(55)77(61)63-40-52(38-39-71-63)70(4,5)6)42-57(62)69-73-67(50-28-15-9-16-29-50)72-68(74-69)51-30-17-10-18-31-51/h7-43H,1-6H3/q+2/i7D,8D,11D,12D,13D,14D,24D,25D,26D,27D. The number of fused-ring (bicyclic) bond motifs is 4. The van der Waals surface area contributed by atoms with Crippen molar-refractivity contribution in [2.45, 2.75) is 47.0 Å². The van der Waals surface area contributed by atoms with Gasteiger partial charge in [-0.25, -0.2) is 19.9 Å². The second-order valence-corrected chi connectivity index (χ2v) is 20.2. The summed E-state index contributed by atoms with van der Waals surface area (Å²) in [7, 11) is 0. The fourth-order valence-electron chi connectivity index (χ4n) is 10.4. The lowest BCUT2D eigenvalue weighted by molar-refractivity contribution is 0.484. The van der Waals surface area contributed by atoms with Crippen molar-refractivity contribution in [2.24, 2.45) is 0 Å². The minimum atomic E-state index is -0.579. The SMILES string of the molecule is [2H]c1c([2H])c([2H])c(-c2c(C)c(C)c(C)c(-c3c([2H])c([2H])c([2H])c([2H])c3[2H])c2[N+]2=C=[N+](c3cccc(Oc4cc5c(cc4-c4nc(-c6ccccc6)nc(-c6ccccc6)n4)c4ccccc4n5-c4cc(C(C)(C)C)ccn4)c3)c3ccccc32)c([2H])c1[2H]. The van der Waals surface area contributed by atoms with Gasteiger partial charge in [0.15, 0.2) is 17.5 Å². The van der Waals surface area contributed by atoms with Crippen molar-refractivity contribution in [1.82, 2.24) is 33.7 Å². The smallest absolute Gasteiger partial charge is 0.456 e. The highest BCUT2D eigenvalue weighted by Gasteiger charge is 2.41. The highest BCUT2D eigenvalue weighted by Crippen LogP contribution is 2.49. The van der Waals surface area contributed by atoms with Crippen LogP contribution >= 0.6 is 0 Å². The molecule has 0 radical (unpaired) electrons. The molecule has 8 heteroatoms. The Balaban J connectivity index is 1.08. The lowest BCUT2D eigenvalue weighted by atomic mass is 9.85. The molecule has 1 aliphatic heterocycles. The van der Waals surface area contributed by atoms with Gasteiger partial charge in [0.25, 0.3) is 11.4 Å². The molecule has 8 nitrogen and oxygen atoms in total. The van der Waals surface area contributed by atoms with Crippen LogP contribution in [-0.2, 0) is 5.41 Å². The van der Waals surface area contributed by atoms with Gasteiger partial charge in [0.2, 0.25) is 11.4 Å². The maximum atomic E-state index is 9.37. The molecule has 0 saturated carbocycles. The summed E-state index contributed by atoms with van der Waals surface area (Å²) in [5.41, 5.74) is 8.62. The van der Waals surface area contributed by atoms with E-state index in [4.69, 9.17) is 32.9 Å². The summed E-state index contributed by atoms with van der Waals surface area (Å²) in [6.45, 7) is 11.9. The maximum absolute atomic E-state index is 9.37. The Bertz CT molecular complexity index is 4800. The van der Waals surface area contributed by atoms with E-state index in [0.29, 0.717) is 68.3 Å². The predicted molar refractivity (Wildman–Crippen MR) is 319 cm³/mol. The highest BCUT2D eigenvalue weighted by atomic mass is 16.5. The number of rotatable bonds is 10. The maximum Gasteiger partial charge on any atom is 0.503 e. The van der Waals surface area contributed by atoms with Crippen LogP contribution in [0.4, 0.5) is 22.7 Å². The molecule has 4 heterocycles. The zero-order valence-electron chi connectivity index (χ0n) is 53.6. The Morgan fingerprint density at radius 1 is 0.513 bits per heavy atom. The van der Waals surface area contributed by atoms with E-state index in [-0.39, 0.29) is 33.4 Å². The topological polar surface area (TPSA) is 71.7 Å². The third kappa shape index (κ3) is 8.45. The van der Waals surface area contributed by atoms with Crippen LogP contribution in [0.15, 0.2) is 224 Å². The molecule has 0 unspecified atom stereocenters. The van der Waals surface area contributed by atoms with Crippen molar-refractivity contribution in [1.29, 1.82) is 0 Å². The first-order chi connectivity index (χ1) is 42.2. The number of pyridine rings is 1. The second kappa shape index (κ2) is 19.4. The molecule has 0 bridgehead atoms. The van der Waals surface area contributed by atoms with E-state index >= 15 is 0 Å². The van der Waals surface area contributed by atoms with E-state index in [2.05, 4.69) is 55.6 Å². The van der Waals surface area contributed by atoms with Crippen LogP contribution in [0.3, 0.4) is 0 Å². The third-order valence-corrected chi connectivity index (χ3v) is 14.5. The van der Waals surface area contributed by atoms with Crippen LogP contribution in [0.2, 0.25) is 0 Å². The fraction of sp³-hybridized carbons (Fsp3) is 0.100. The summed E-state index contributed by atoms with van der Waals surface area (Å²) in [4.78, 5) is 20.4. The number of hydrogen-bond donors (Lipinski definition) is 0. The van der Waals surface area contributed by atoms with Crippen molar-refractivity contribution in [3.05, 3.63) is 247 Å². The Morgan fingerprint density at radius 3 is 1.72 bits per heavy atom. The minimum absolute atomic E-state index is 0.127. The molecule has 78 heavy (non-hydrogen) atoms. The summed E-state index contributed by atoms with van der Waals surface area (Å²) in [6, 6.07) is 49.1. The van der Waals surface area contributed by atoms with E-state index in [1.165, 1.54) is 0 Å². The molecular weight excluding hydrogens is 955 g/mol. The van der Waals surface area contributed by atoms with Gasteiger partial charge in [0.1, 0.15) is 17.3 Å². The van der Waals surface area contributed by atoms with E-state index < -0.39 is 60.4 Å². The first-order valence-electron chi connectivity index (χ1n) is 30.6. The molecular formula is C70H55N7O+2. The van der Waals surface area contributed by atoms with Crippen molar-refractivity contribution in [3.63, 3.8) is 0 Å². The lowest BCUT2D eigenvalue weighted by Crippen LogP contribution is -2.12. The van der Waals surface area contributed by atoms with Gasteiger partial charge in [-0.05, 0) is 99.0 Å². The number of benzene rings is 9. The molecule has 0 atom stereocenters. The van der Waals surface area contributed by atoms with Crippen LogP contribution in [0.5, 0.6) is 11.5 Å². The van der Waals surface area contributed by atoms with Gasteiger partial charge in [0, 0.05) is 52.4 Å². The molecule has 1 aliphatic rings. The normalized spacial score (nSPS) is 14.0. The molecule has 0 fully saturated rings. The Labute approximate surface area is 468 Å². The van der Waals surface area contributed by atoms with Crippen molar-refractivity contribution in [3.8, 4) is 73.7 Å². The predicted octanol–water partition coefficient (Wildman–Crippen LogP) is 17.6. The van der Waals surface area contributed by atoms with Gasteiger partial charge < -0.3 is 4.74 Å². The zero-order valence-corrected chi connectivity index (χ0v) is 43.6. The summed E-state index contributed by atoms with van der Waals surface area (Å²) < 4.78 is 103. The average molecular weight is 1020 g/mol. The van der Waals surface area contributed by atoms with Crippen molar-refractivity contribution >= 4 is 50.6 Å². The van der Waals surface area contributed by atoms with Crippen molar-refractivity contribution < 1.29 is 18.4 Å². The van der Waals surface area contributed by atoms with Gasteiger partial charge in [0.05, 0.1) is 47.5 Å². The van der Waals surface area contributed by atoms with Gasteiger partial charge in [-0.1, -0.05) is 178 Å². The summed E-state index contributed by atoms with van der Waals surface area (Å²) in [6.07, 6.45) is 1.84. The summed E-state index contributed by atoms with van der Waals surface area (Å²) in [5, 5.41) is 1.88. The highest BCUT2D eigenvalue weighted by molar-refractivity contribution is 6.11. The van der Waals surface area contributed by atoms with Gasteiger partial charge in [-0.2, -0.15) is 0 Å². The van der Waals surface area contributed by atoms with Crippen molar-refractivity contribution in [2.75, 3.05) is 0 Å². The number of hydrogen-bond acceptors (Lipinski definition) is 5. The molecule has 9 aromatic carbocycles. The van der Waals surface area contributed by atoms with Crippen LogP contribution in [-0.4, -0.2) is 30.5 Å². The number of para-hydroxylation sites is 3. The molecule has 0 saturated heterocycles. The first kappa shape index (κ1) is 37.8. The monoisotopic (exact) mass is 1020 g/mol. The molecule has 0 spiro atoms. The first-order valence-corrected chi connectivity index (χ1v) is 25.6. The number of nitrogens with zero attached hydrogens (tertiary/aromatic N) is 7. The molecule has 0 aliphatic carbocycles. The Hall–Kier alpha value is -9.88. The van der Waals surface area contributed by atoms with E-state index in [0.717, 1.165) is 44.3 Å². The second-order valence-electron chi connectivity index (χ2n) is 20.2. The van der Waals surface area contributed by atoms with Crippen LogP contribution in [0.25, 0.3) is 84.0 Å². The largest absolute Gasteiger partial charge is 0.503 e. The summed E-state index contributed by atoms with van der Waals surface area (Å²) >= 11 is 0. The van der Waals surface area contributed by atoms with Crippen LogP contribution in [0, 0.1) is 20.8 Å². The Morgan fingerprint density at radius 2 is 1.09 bits per heavy atom. The number of ether oxygens (including phenoxy) is 1. The minimum Gasteiger partial charge on any atom is -0.456 e. The van der Waals surface area contributed by atoms with Gasteiger partial charge in [-0.15, -0.1) is 0 Å². The van der Waals surface area contributed by atoms with E-state index in [1.807, 2.05) is 151 Å². The molecule has 12 aromatic rings. The van der Waals surface area contributed by atoms with E-state index in [9.17, 15) is 5.48 Å². The van der Waals surface area contributed by atoms with Crippen LogP contribution in [0.1, 0.15) is 56.7 Å². The molecule has 3 aromatic heterocycles. The van der Waals surface area contributed by atoms with E-state index in [1.54, 1.807) is 18.4 Å². The molecule has 0 N–H and O–H groups in total. The number of aromatic nitrogens is 5. The average Bonchev–Trinajstić information content (AvgIpc) is 1.82. The zero-order chi connectivity index (χ0) is 61.8. The van der Waals surface area contributed by atoms with Crippen LogP contribution < -0.4 is 13.9 Å². The molecule has 374 valence electrons. The fourth-order valence-corrected chi connectivity index (χ4v) is 10.4. The molecule has 13 rings (SSSR count). The molecule has 0 amide bonds. The van der Waals surface area contributed by atoms with Gasteiger partial charge >= 0.3 is 6.01 Å². The third-order valence-electron chi connectivity index (χ3n) is 14.5. The van der Waals surface area contributed by atoms with Gasteiger partial charge in [-0.3, -0.25) is 4.57 Å². The lowest BCUT2D eigenvalue weighted by Gasteiger charge is -2.20.